The van der Waals surface area contributed by atoms with Crippen LogP contribution in [0.25, 0.3) is 5.78 Å². The van der Waals surface area contributed by atoms with Gasteiger partial charge in [0.1, 0.15) is 5.76 Å². The highest BCUT2D eigenvalue weighted by atomic mass is 16.3. The van der Waals surface area contributed by atoms with Crippen molar-refractivity contribution < 1.29 is 9.21 Å². The second-order valence-electron chi connectivity index (χ2n) is 6.39. The molecule has 4 rings (SSSR count). The zero-order valence-electron chi connectivity index (χ0n) is 13.7. The minimum atomic E-state index is -0.173. The fourth-order valence-corrected chi connectivity index (χ4v) is 3.26. The molecule has 1 aliphatic rings. The molecule has 7 nitrogen and oxygen atoms in total. The molecule has 3 aromatic rings. The van der Waals surface area contributed by atoms with Gasteiger partial charge in [0, 0.05) is 18.4 Å². The lowest BCUT2D eigenvalue weighted by molar-refractivity contribution is 0.0509. The number of nitrogens with zero attached hydrogens (tertiary/aromatic N) is 5. The molecule has 1 aliphatic heterocycles. The van der Waals surface area contributed by atoms with Gasteiger partial charge in [-0.05, 0) is 43.9 Å². The van der Waals surface area contributed by atoms with Gasteiger partial charge in [0.15, 0.2) is 0 Å². The summed E-state index contributed by atoms with van der Waals surface area (Å²) in [7, 11) is 0. The first-order valence-corrected chi connectivity index (χ1v) is 8.16. The number of likely N-dealkylation sites (tertiary alicyclic amines) is 1. The maximum Gasteiger partial charge on any atom is 0.294 e. The van der Waals surface area contributed by atoms with Crippen LogP contribution in [0.15, 0.2) is 35.1 Å². The van der Waals surface area contributed by atoms with E-state index in [-0.39, 0.29) is 17.8 Å². The van der Waals surface area contributed by atoms with E-state index < -0.39 is 0 Å². The van der Waals surface area contributed by atoms with Crippen LogP contribution in [-0.2, 0) is 0 Å². The van der Waals surface area contributed by atoms with E-state index in [0.29, 0.717) is 18.2 Å². The van der Waals surface area contributed by atoms with Gasteiger partial charge >= 0.3 is 0 Å². The highest BCUT2D eigenvalue weighted by Crippen LogP contribution is 2.34. The van der Waals surface area contributed by atoms with Crippen LogP contribution in [-0.4, -0.2) is 36.9 Å². The summed E-state index contributed by atoms with van der Waals surface area (Å²) < 4.78 is 7.16. The Labute approximate surface area is 139 Å². The molecule has 1 fully saturated rings. The van der Waals surface area contributed by atoms with Gasteiger partial charge in [0.25, 0.3) is 11.7 Å². The van der Waals surface area contributed by atoms with Gasteiger partial charge < -0.3 is 9.32 Å². The van der Waals surface area contributed by atoms with Crippen molar-refractivity contribution >= 4 is 11.7 Å². The van der Waals surface area contributed by atoms with Crippen LogP contribution in [0, 0.1) is 12.8 Å². The Hall–Kier alpha value is -2.70. The lowest BCUT2D eigenvalue weighted by Crippen LogP contribution is -2.41. The lowest BCUT2D eigenvalue weighted by atomic mass is 9.91. The van der Waals surface area contributed by atoms with Crippen molar-refractivity contribution in [3.8, 4) is 0 Å². The summed E-state index contributed by atoms with van der Waals surface area (Å²) in [5.41, 5.74) is 0.890. The van der Waals surface area contributed by atoms with Crippen LogP contribution in [0.4, 0.5) is 0 Å². The molecule has 0 aliphatic carbocycles. The first-order chi connectivity index (χ1) is 11.6. The van der Waals surface area contributed by atoms with Crippen LogP contribution in [0.1, 0.15) is 47.9 Å². The summed E-state index contributed by atoms with van der Waals surface area (Å²) in [6.07, 6.45) is 5.16. The van der Waals surface area contributed by atoms with Gasteiger partial charge in [-0.25, -0.2) is 9.50 Å². The van der Waals surface area contributed by atoms with Crippen molar-refractivity contribution in [3.05, 3.63) is 47.9 Å². The highest BCUT2D eigenvalue weighted by molar-refractivity contribution is 5.91. The molecule has 0 radical (unpaired) electrons. The van der Waals surface area contributed by atoms with Crippen molar-refractivity contribution in [2.75, 3.05) is 6.54 Å². The molecule has 7 heteroatoms. The number of carbonyl (C=O) groups excluding carboxylic acids is 1. The van der Waals surface area contributed by atoms with Gasteiger partial charge in [-0.1, -0.05) is 6.92 Å². The van der Waals surface area contributed by atoms with E-state index in [0.717, 1.165) is 24.3 Å². The number of hydrogen-bond donors (Lipinski definition) is 0. The van der Waals surface area contributed by atoms with E-state index in [2.05, 4.69) is 22.0 Å². The van der Waals surface area contributed by atoms with E-state index in [4.69, 9.17) is 4.42 Å². The number of rotatable bonds is 2. The largest absolute Gasteiger partial charge is 0.467 e. The highest BCUT2D eigenvalue weighted by Gasteiger charge is 2.34. The third-order valence-corrected chi connectivity index (χ3v) is 4.62. The standard InChI is InChI=1S/C17H19N5O2/c1-11-6-8-21(13(10-11)14-4-3-9-24-14)16(23)15-19-17-18-7-5-12(2)22(17)20-15/h3-5,7,9,11,13H,6,8,10H2,1-2H3/t11-,13+/m0/s1. The number of hydrogen-bond acceptors (Lipinski definition) is 5. The maximum atomic E-state index is 13.0. The van der Waals surface area contributed by atoms with Crippen molar-refractivity contribution in [1.29, 1.82) is 0 Å². The summed E-state index contributed by atoms with van der Waals surface area (Å²) >= 11 is 0. The third kappa shape index (κ3) is 2.46. The quantitative estimate of drug-likeness (QED) is 0.724. The van der Waals surface area contributed by atoms with E-state index in [1.54, 1.807) is 17.0 Å². The molecule has 3 aromatic heterocycles. The molecular formula is C17H19N5O2. The topological polar surface area (TPSA) is 76.5 Å². The van der Waals surface area contributed by atoms with Gasteiger partial charge in [-0.15, -0.1) is 5.10 Å². The van der Waals surface area contributed by atoms with Gasteiger partial charge in [0.05, 0.1) is 12.3 Å². The predicted octanol–water partition coefficient (Wildman–Crippen LogP) is 2.64. The van der Waals surface area contributed by atoms with Gasteiger partial charge in [-0.2, -0.15) is 4.98 Å². The number of amides is 1. The normalized spacial score (nSPS) is 21.3. The van der Waals surface area contributed by atoms with Crippen LogP contribution < -0.4 is 0 Å². The number of carbonyl (C=O) groups is 1. The molecule has 2 atom stereocenters. The molecule has 0 saturated carbocycles. The average Bonchev–Trinajstić information content (AvgIpc) is 3.24. The van der Waals surface area contributed by atoms with Gasteiger partial charge in [-0.3, -0.25) is 4.79 Å². The second kappa shape index (κ2) is 5.74. The fourth-order valence-electron chi connectivity index (χ4n) is 3.26. The first kappa shape index (κ1) is 14.9. The van der Waals surface area contributed by atoms with Crippen molar-refractivity contribution in [3.63, 3.8) is 0 Å². The summed E-state index contributed by atoms with van der Waals surface area (Å²) in [6, 6.07) is 5.54. The number of aryl methyl sites for hydroxylation is 1. The second-order valence-corrected chi connectivity index (χ2v) is 6.39. The molecule has 0 N–H and O–H groups in total. The van der Waals surface area contributed by atoms with Crippen LogP contribution in [0.2, 0.25) is 0 Å². The Morgan fingerprint density at radius 1 is 1.38 bits per heavy atom. The Kier molecular flexibility index (Phi) is 3.55. The summed E-state index contributed by atoms with van der Waals surface area (Å²) in [4.78, 5) is 23.3. The average molecular weight is 325 g/mol. The maximum absolute atomic E-state index is 13.0. The molecular weight excluding hydrogens is 306 g/mol. The molecule has 0 bridgehead atoms. The monoisotopic (exact) mass is 325 g/mol. The first-order valence-electron chi connectivity index (χ1n) is 8.16. The SMILES string of the molecule is Cc1ccnc2nc(C(=O)N3CC[C@H](C)C[C@@H]3c3ccco3)nn12. The van der Waals surface area contributed by atoms with E-state index in [1.807, 2.05) is 30.0 Å². The molecule has 124 valence electrons. The van der Waals surface area contributed by atoms with Crippen LogP contribution in [0.3, 0.4) is 0 Å². The molecule has 24 heavy (non-hydrogen) atoms. The van der Waals surface area contributed by atoms with Crippen LogP contribution >= 0.6 is 0 Å². The number of furan rings is 1. The Bertz CT molecular complexity index is 870. The van der Waals surface area contributed by atoms with E-state index in [1.165, 1.54) is 0 Å². The lowest BCUT2D eigenvalue weighted by Gasteiger charge is -2.36. The Morgan fingerprint density at radius 3 is 3.00 bits per heavy atom. The zero-order chi connectivity index (χ0) is 16.7. The number of aromatic nitrogens is 4. The Balaban J connectivity index is 1.69. The molecule has 1 amide bonds. The fraction of sp³-hybridized carbons (Fsp3) is 0.412. The smallest absolute Gasteiger partial charge is 0.294 e. The van der Waals surface area contributed by atoms with Gasteiger partial charge in [0.2, 0.25) is 5.82 Å². The zero-order valence-corrected chi connectivity index (χ0v) is 13.7. The minimum Gasteiger partial charge on any atom is -0.467 e. The third-order valence-electron chi connectivity index (χ3n) is 4.62. The van der Waals surface area contributed by atoms with Crippen molar-refractivity contribution in [2.24, 2.45) is 5.92 Å². The van der Waals surface area contributed by atoms with Crippen LogP contribution in [0.5, 0.6) is 0 Å². The summed E-state index contributed by atoms with van der Waals surface area (Å²) in [6.45, 7) is 4.79. The predicted molar refractivity (Wildman–Crippen MR) is 86.4 cm³/mol. The molecule has 1 saturated heterocycles. The number of fused-ring (bicyclic) bond motifs is 1. The molecule has 4 heterocycles. The van der Waals surface area contributed by atoms with Crippen molar-refractivity contribution in [2.45, 2.75) is 32.7 Å². The summed E-state index contributed by atoms with van der Waals surface area (Å²) in [5, 5.41) is 4.34. The van der Waals surface area contributed by atoms with Crippen molar-refractivity contribution in [1.82, 2.24) is 24.5 Å². The molecule has 0 aromatic carbocycles. The molecule has 0 spiro atoms. The number of piperidine rings is 1. The molecule has 0 unspecified atom stereocenters. The van der Waals surface area contributed by atoms with E-state index >= 15 is 0 Å². The summed E-state index contributed by atoms with van der Waals surface area (Å²) in [5.74, 6) is 1.81. The van der Waals surface area contributed by atoms with E-state index in [9.17, 15) is 4.79 Å². The Morgan fingerprint density at radius 2 is 2.25 bits per heavy atom. The minimum absolute atomic E-state index is 0.0723.